The normalized spacial score (nSPS) is 30.7. The van der Waals surface area contributed by atoms with Crippen LogP contribution in [0.3, 0.4) is 0 Å². The molecule has 104 valence electrons. The van der Waals surface area contributed by atoms with E-state index in [0.717, 1.165) is 17.4 Å². The second kappa shape index (κ2) is 5.90. The predicted molar refractivity (Wildman–Crippen MR) is 79.1 cm³/mol. The predicted octanol–water partition coefficient (Wildman–Crippen LogP) is 2.93. The number of halogens is 1. The number of rotatable bonds is 5. The molecule has 4 atom stereocenters. The number of hydrogen-bond donors (Lipinski definition) is 1. The molecule has 4 unspecified atom stereocenters. The van der Waals surface area contributed by atoms with Crippen molar-refractivity contribution in [3.8, 4) is 0 Å². The fourth-order valence-electron chi connectivity index (χ4n) is 3.56. The first-order valence-electron chi connectivity index (χ1n) is 7.24. The first-order chi connectivity index (χ1) is 9.26. The molecule has 0 radical (unpaired) electrons. The highest BCUT2D eigenvalue weighted by atomic mass is 79.9. The smallest absolute Gasteiger partial charge is 0.0623 e. The third-order valence-electron chi connectivity index (χ3n) is 4.35. The van der Waals surface area contributed by atoms with Crippen molar-refractivity contribution in [2.75, 3.05) is 6.54 Å². The Kier molecular flexibility index (Phi) is 4.20. The van der Waals surface area contributed by atoms with Gasteiger partial charge in [0, 0.05) is 28.8 Å². The molecule has 3 rings (SSSR count). The van der Waals surface area contributed by atoms with Gasteiger partial charge in [-0.15, -0.1) is 0 Å². The van der Waals surface area contributed by atoms with Crippen molar-refractivity contribution >= 4 is 15.9 Å². The summed E-state index contributed by atoms with van der Waals surface area (Å²) in [5.74, 6) is 0.665. The second-order valence-electron chi connectivity index (χ2n) is 5.65. The van der Waals surface area contributed by atoms with Crippen LogP contribution in [-0.2, 0) is 11.2 Å². The molecule has 3 heterocycles. The highest BCUT2D eigenvalue weighted by molar-refractivity contribution is 9.10. The molecule has 2 aliphatic heterocycles. The summed E-state index contributed by atoms with van der Waals surface area (Å²) in [5.41, 5.74) is 1.29. The Bertz CT molecular complexity index is 440. The van der Waals surface area contributed by atoms with Gasteiger partial charge >= 0.3 is 0 Å². The standard InChI is InChI=1S/C15H21BrN2O/c1-2-18-14(6-10-5-11(16)9-17-8-10)13-7-12-3-4-15(13)19-12/h5,8-9,12-15,18H,2-4,6-7H2,1H3. The Morgan fingerprint density at radius 3 is 3.00 bits per heavy atom. The molecule has 0 spiro atoms. The van der Waals surface area contributed by atoms with E-state index >= 15 is 0 Å². The quantitative estimate of drug-likeness (QED) is 0.904. The zero-order valence-electron chi connectivity index (χ0n) is 11.3. The molecule has 0 saturated carbocycles. The van der Waals surface area contributed by atoms with Gasteiger partial charge < -0.3 is 10.1 Å². The number of fused-ring (bicyclic) bond motifs is 2. The van der Waals surface area contributed by atoms with Gasteiger partial charge in [0.1, 0.15) is 0 Å². The molecule has 3 nitrogen and oxygen atoms in total. The van der Waals surface area contributed by atoms with Gasteiger partial charge in [-0.2, -0.15) is 0 Å². The van der Waals surface area contributed by atoms with Gasteiger partial charge in [-0.1, -0.05) is 6.92 Å². The van der Waals surface area contributed by atoms with Crippen LogP contribution in [0.5, 0.6) is 0 Å². The fourth-order valence-corrected chi connectivity index (χ4v) is 3.97. The number of likely N-dealkylation sites (N-methyl/N-ethyl adjacent to an activating group) is 1. The van der Waals surface area contributed by atoms with E-state index in [1.165, 1.54) is 24.8 Å². The first kappa shape index (κ1) is 13.5. The third kappa shape index (κ3) is 3.01. The molecular formula is C15H21BrN2O. The van der Waals surface area contributed by atoms with Gasteiger partial charge in [0.15, 0.2) is 0 Å². The van der Waals surface area contributed by atoms with Gasteiger partial charge in [-0.3, -0.25) is 4.98 Å². The number of aromatic nitrogens is 1. The summed E-state index contributed by atoms with van der Waals surface area (Å²) >= 11 is 3.50. The summed E-state index contributed by atoms with van der Waals surface area (Å²) in [7, 11) is 0. The fraction of sp³-hybridized carbons (Fsp3) is 0.667. The lowest BCUT2D eigenvalue weighted by Crippen LogP contribution is -2.42. The minimum absolute atomic E-state index is 0.481. The van der Waals surface area contributed by atoms with Crippen LogP contribution < -0.4 is 5.32 Å². The maximum atomic E-state index is 6.01. The first-order valence-corrected chi connectivity index (χ1v) is 8.04. The summed E-state index contributed by atoms with van der Waals surface area (Å²) in [6.45, 7) is 3.19. The van der Waals surface area contributed by atoms with Crippen LogP contribution in [0.4, 0.5) is 0 Å². The summed E-state index contributed by atoms with van der Waals surface area (Å²) in [6, 6.07) is 2.68. The van der Waals surface area contributed by atoms with E-state index in [1.54, 1.807) is 0 Å². The molecule has 0 amide bonds. The average Bonchev–Trinajstić information content (AvgIpc) is 3.00. The third-order valence-corrected chi connectivity index (χ3v) is 4.79. The molecule has 0 aromatic carbocycles. The van der Waals surface area contributed by atoms with E-state index in [4.69, 9.17) is 4.74 Å². The molecule has 1 aromatic heterocycles. The molecular weight excluding hydrogens is 304 g/mol. The summed E-state index contributed by atoms with van der Waals surface area (Å²) in [6.07, 6.45) is 9.59. The highest BCUT2D eigenvalue weighted by Gasteiger charge is 2.43. The molecule has 1 aromatic rings. The Labute approximate surface area is 123 Å². The van der Waals surface area contributed by atoms with Crippen molar-refractivity contribution in [1.29, 1.82) is 0 Å². The van der Waals surface area contributed by atoms with E-state index in [1.807, 2.05) is 12.4 Å². The lowest BCUT2D eigenvalue weighted by molar-refractivity contribution is 0.0858. The van der Waals surface area contributed by atoms with Crippen LogP contribution in [0, 0.1) is 5.92 Å². The molecule has 2 fully saturated rings. The largest absolute Gasteiger partial charge is 0.375 e. The van der Waals surface area contributed by atoms with Crippen molar-refractivity contribution in [2.24, 2.45) is 5.92 Å². The van der Waals surface area contributed by atoms with E-state index in [-0.39, 0.29) is 0 Å². The summed E-state index contributed by atoms with van der Waals surface area (Å²) in [5, 5.41) is 3.65. The maximum Gasteiger partial charge on any atom is 0.0623 e. The number of nitrogens with zero attached hydrogens (tertiary/aromatic N) is 1. The molecule has 1 N–H and O–H groups in total. The van der Waals surface area contributed by atoms with E-state index in [0.29, 0.717) is 24.2 Å². The zero-order valence-corrected chi connectivity index (χ0v) is 12.9. The number of nitrogens with one attached hydrogen (secondary N) is 1. The van der Waals surface area contributed by atoms with Crippen molar-refractivity contribution in [2.45, 2.75) is 50.9 Å². The number of pyridine rings is 1. The zero-order chi connectivity index (χ0) is 13.2. The number of hydrogen-bond acceptors (Lipinski definition) is 3. The molecule has 19 heavy (non-hydrogen) atoms. The molecule has 2 bridgehead atoms. The SMILES string of the molecule is CCNC(Cc1cncc(Br)c1)C1CC2CCC1O2. The molecule has 4 heteroatoms. The summed E-state index contributed by atoms with van der Waals surface area (Å²) in [4.78, 5) is 4.27. The van der Waals surface area contributed by atoms with Crippen LogP contribution in [0.2, 0.25) is 0 Å². The highest BCUT2D eigenvalue weighted by Crippen LogP contribution is 2.41. The summed E-state index contributed by atoms with van der Waals surface area (Å²) < 4.78 is 7.07. The molecule has 0 aliphatic carbocycles. The van der Waals surface area contributed by atoms with Crippen LogP contribution in [0.15, 0.2) is 22.9 Å². The van der Waals surface area contributed by atoms with Gasteiger partial charge in [-0.05, 0) is 59.8 Å². The van der Waals surface area contributed by atoms with E-state index < -0.39 is 0 Å². The topological polar surface area (TPSA) is 34.2 Å². The minimum atomic E-state index is 0.481. The minimum Gasteiger partial charge on any atom is -0.375 e. The van der Waals surface area contributed by atoms with Crippen molar-refractivity contribution in [3.63, 3.8) is 0 Å². The Hall–Kier alpha value is -0.450. The molecule has 2 aliphatic rings. The lowest BCUT2D eigenvalue weighted by atomic mass is 9.81. The Morgan fingerprint density at radius 2 is 2.37 bits per heavy atom. The average molecular weight is 325 g/mol. The van der Waals surface area contributed by atoms with E-state index in [9.17, 15) is 0 Å². The Morgan fingerprint density at radius 1 is 1.47 bits per heavy atom. The Balaban J connectivity index is 1.70. The van der Waals surface area contributed by atoms with Gasteiger partial charge in [0.25, 0.3) is 0 Å². The van der Waals surface area contributed by atoms with Crippen LogP contribution in [0.25, 0.3) is 0 Å². The van der Waals surface area contributed by atoms with E-state index in [2.05, 4.69) is 39.2 Å². The lowest BCUT2D eigenvalue weighted by Gasteiger charge is -2.29. The number of ether oxygens (including phenoxy) is 1. The van der Waals surface area contributed by atoms with Gasteiger partial charge in [0.2, 0.25) is 0 Å². The van der Waals surface area contributed by atoms with Crippen molar-refractivity contribution in [1.82, 2.24) is 10.3 Å². The van der Waals surface area contributed by atoms with Crippen molar-refractivity contribution in [3.05, 3.63) is 28.5 Å². The van der Waals surface area contributed by atoms with Gasteiger partial charge in [-0.25, -0.2) is 0 Å². The second-order valence-corrected chi connectivity index (χ2v) is 6.57. The van der Waals surface area contributed by atoms with Crippen molar-refractivity contribution < 1.29 is 4.74 Å². The monoisotopic (exact) mass is 324 g/mol. The molecule has 2 saturated heterocycles. The van der Waals surface area contributed by atoms with Gasteiger partial charge in [0.05, 0.1) is 12.2 Å². The van der Waals surface area contributed by atoms with Crippen LogP contribution in [-0.4, -0.2) is 29.8 Å². The maximum absolute atomic E-state index is 6.01. The van der Waals surface area contributed by atoms with Crippen LogP contribution in [0.1, 0.15) is 31.7 Å². The van der Waals surface area contributed by atoms with Crippen LogP contribution >= 0.6 is 15.9 Å².